The van der Waals surface area contributed by atoms with Gasteiger partial charge < -0.3 is 9.47 Å². The van der Waals surface area contributed by atoms with E-state index in [2.05, 4.69) is 25.7 Å². The van der Waals surface area contributed by atoms with Crippen molar-refractivity contribution in [2.75, 3.05) is 26.2 Å². The number of ketones is 1. The first kappa shape index (κ1) is 28.5. The van der Waals surface area contributed by atoms with Crippen LogP contribution >= 0.6 is 0 Å². The number of unbranched alkanes of at least 4 members (excludes halogenated alkanes) is 13. The second kappa shape index (κ2) is 17.7. The molecule has 2 rings (SSSR count). The lowest BCUT2D eigenvalue weighted by Crippen LogP contribution is -2.42. The van der Waals surface area contributed by atoms with E-state index >= 15 is 0 Å². The summed E-state index contributed by atoms with van der Waals surface area (Å²) in [6.07, 6.45) is 22.8. The third-order valence-corrected chi connectivity index (χ3v) is 7.17. The van der Waals surface area contributed by atoms with Gasteiger partial charge in [0.2, 0.25) is 0 Å². The molecule has 0 aliphatic carbocycles. The lowest BCUT2D eigenvalue weighted by atomic mass is 9.94. The van der Waals surface area contributed by atoms with Gasteiger partial charge in [-0.2, -0.15) is 0 Å². The van der Waals surface area contributed by atoms with E-state index < -0.39 is 0 Å². The molecule has 0 N–H and O–H groups in total. The van der Waals surface area contributed by atoms with Gasteiger partial charge in [0.15, 0.2) is 12.1 Å². The van der Waals surface area contributed by atoms with Gasteiger partial charge in [-0.1, -0.05) is 104 Å². The molecule has 0 amide bonds. The fraction of sp³-hybridized carbons (Fsp3) is 0.897. The van der Waals surface area contributed by atoms with E-state index in [9.17, 15) is 4.79 Å². The minimum atomic E-state index is -0.367. The van der Waals surface area contributed by atoms with Crippen molar-refractivity contribution in [1.29, 1.82) is 0 Å². The molecule has 0 spiro atoms. The minimum absolute atomic E-state index is 0.160. The van der Waals surface area contributed by atoms with Gasteiger partial charge in [0, 0.05) is 12.1 Å². The molecule has 0 radical (unpaired) electrons. The zero-order valence-corrected chi connectivity index (χ0v) is 22.1. The number of carbonyl (C=O) groups is 1. The van der Waals surface area contributed by atoms with E-state index in [1.54, 1.807) is 0 Å². The van der Waals surface area contributed by atoms with Gasteiger partial charge >= 0.3 is 0 Å². The topological polar surface area (TPSA) is 38.8 Å². The molecular formula is C29H53NO3. The Morgan fingerprint density at radius 3 is 1.91 bits per heavy atom. The molecular weight excluding hydrogens is 410 g/mol. The number of ether oxygens (including phenoxy) is 2. The van der Waals surface area contributed by atoms with Crippen LogP contribution in [0.2, 0.25) is 0 Å². The summed E-state index contributed by atoms with van der Waals surface area (Å²) in [7, 11) is 0. The summed E-state index contributed by atoms with van der Waals surface area (Å²) in [5, 5.41) is 0. The van der Waals surface area contributed by atoms with Crippen molar-refractivity contribution >= 4 is 5.78 Å². The first-order valence-electron chi connectivity index (χ1n) is 14.4. The first-order valence-corrected chi connectivity index (χ1v) is 14.4. The predicted octanol–water partition coefficient (Wildman–Crippen LogP) is 7.46. The average Bonchev–Trinajstić information content (AvgIpc) is 3.31. The summed E-state index contributed by atoms with van der Waals surface area (Å²) in [4.78, 5) is 15.2. The highest BCUT2D eigenvalue weighted by Crippen LogP contribution is 2.24. The second-order valence-electron chi connectivity index (χ2n) is 10.7. The van der Waals surface area contributed by atoms with Gasteiger partial charge in [0.25, 0.3) is 0 Å². The fourth-order valence-corrected chi connectivity index (χ4v) is 5.03. The van der Waals surface area contributed by atoms with Crippen LogP contribution in [0.25, 0.3) is 0 Å². The maximum absolute atomic E-state index is 12.8. The van der Waals surface area contributed by atoms with Gasteiger partial charge in [0.1, 0.15) is 6.10 Å². The molecule has 1 fully saturated rings. The molecule has 192 valence electrons. The Balaban J connectivity index is 1.51. The molecule has 0 aromatic rings. The van der Waals surface area contributed by atoms with Crippen LogP contribution in [0, 0.1) is 5.92 Å². The number of rotatable bonds is 19. The quantitative estimate of drug-likeness (QED) is 0.186. The number of Topliss-reactive ketones (excluding diaryl/α,β-unsaturated/α-hetero) is 1. The molecule has 0 aromatic heterocycles. The molecule has 33 heavy (non-hydrogen) atoms. The molecule has 0 aromatic carbocycles. The van der Waals surface area contributed by atoms with Gasteiger partial charge in [0.05, 0.1) is 6.61 Å². The van der Waals surface area contributed by atoms with E-state index in [0.29, 0.717) is 0 Å². The van der Waals surface area contributed by atoms with Crippen molar-refractivity contribution in [3.8, 4) is 0 Å². The summed E-state index contributed by atoms with van der Waals surface area (Å²) in [5.41, 5.74) is 0.896. The summed E-state index contributed by atoms with van der Waals surface area (Å²) in [6.45, 7) is 10.1. The zero-order chi connectivity index (χ0) is 23.7. The number of carbonyl (C=O) groups excluding carboxylic acids is 1. The van der Waals surface area contributed by atoms with E-state index in [-0.39, 0.29) is 24.1 Å². The van der Waals surface area contributed by atoms with Crippen LogP contribution in [0.5, 0.6) is 0 Å². The maximum Gasteiger partial charge on any atom is 0.189 e. The minimum Gasteiger partial charge on any atom is -0.349 e. The van der Waals surface area contributed by atoms with Crippen LogP contribution in [-0.4, -0.2) is 49.3 Å². The summed E-state index contributed by atoms with van der Waals surface area (Å²) >= 11 is 0. The largest absolute Gasteiger partial charge is 0.349 e. The molecule has 1 saturated heterocycles. The van der Waals surface area contributed by atoms with Crippen molar-refractivity contribution < 1.29 is 14.3 Å². The van der Waals surface area contributed by atoms with Crippen molar-refractivity contribution in [2.45, 2.75) is 136 Å². The predicted molar refractivity (Wildman–Crippen MR) is 139 cm³/mol. The van der Waals surface area contributed by atoms with Crippen LogP contribution in [0.3, 0.4) is 0 Å². The number of likely N-dealkylation sites (tertiary alicyclic amines) is 1. The molecule has 4 heteroatoms. The van der Waals surface area contributed by atoms with Crippen molar-refractivity contribution in [2.24, 2.45) is 5.92 Å². The Kier molecular flexibility index (Phi) is 15.3. The number of hydrogen-bond donors (Lipinski definition) is 0. The van der Waals surface area contributed by atoms with Crippen molar-refractivity contribution in [3.05, 3.63) is 11.6 Å². The standard InChI is InChI=1S/C29H53NO3/c1-4-5-6-7-8-9-10-11-12-13-14-15-16-19-22-32-27-23-26(24-30-20-17-18-21-30)28(31)29(33-27)25(2)3/h23,25,27,29H,4-22,24H2,1-3H3. The maximum atomic E-state index is 12.8. The summed E-state index contributed by atoms with van der Waals surface area (Å²) < 4.78 is 12.1. The van der Waals surface area contributed by atoms with E-state index in [1.165, 1.54) is 96.3 Å². The average molecular weight is 464 g/mol. The highest BCUT2D eigenvalue weighted by molar-refractivity contribution is 6.00. The van der Waals surface area contributed by atoms with E-state index in [0.717, 1.165) is 38.2 Å². The van der Waals surface area contributed by atoms with Gasteiger partial charge in [-0.25, -0.2) is 0 Å². The summed E-state index contributed by atoms with van der Waals surface area (Å²) in [6, 6.07) is 0. The SMILES string of the molecule is CCCCCCCCCCCCCCCCOC1C=C(CN2CCCC2)C(=O)C(C(C)C)O1. The lowest BCUT2D eigenvalue weighted by molar-refractivity contribution is -0.171. The van der Waals surface area contributed by atoms with Gasteiger partial charge in [-0.05, 0) is 44.3 Å². The fourth-order valence-electron chi connectivity index (χ4n) is 5.03. The Hall–Kier alpha value is -0.710. The molecule has 2 heterocycles. The number of nitrogens with zero attached hydrogens (tertiary/aromatic N) is 1. The van der Waals surface area contributed by atoms with Gasteiger partial charge in [-0.3, -0.25) is 9.69 Å². The Labute approximate surface area is 204 Å². The molecule has 2 unspecified atom stereocenters. The van der Waals surface area contributed by atoms with E-state index in [1.807, 2.05) is 6.08 Å². The molecule has 2 atom stereocenters. The van der Waals surface area contributed by atoms with Gasteiger partial charge in [-0.15, -0.1) is 0 Å². The molecule has 2 aliphatic rings. The molecule has 0 saturated carbocycles. The smallest absolute Gasteiger partial charge is 0.189 e. The Morgan fingerprint density at radius 1 is 0.879 bits per heavy atom. The van der Waals surface area contributed by atoms with Crippen LogP contribution in [-0.2, 0) is 14.3 Å². The van der Waals surface area contributed by atoms with Crippen molar-refractivity contribution in [1.82, 2.24) is 4.90 Å². The highest BCUT2D eigenvalue weighted by Gasteiger charge is 2.34. The van der Waals surface area contributed by atoms with E-state index in [4.69, 9.17) is 9.47 Å². The van der Waals surface area contributed by atoms with Crippen LogP contribution in [0.1, 0.15) is 124 Å². The Morgan fingerprint density at radius 2 is 1.39 bits per heavy atom. The normalized spacial score (nSPS) is 21.8. The van der Waals surface area contributed by atoms with Crippen molar-refractivity contribution in [3.63, 3.8) is 0 Å². The molecule has 2 aliphatic heterocycles. The first-order chi connectivity index (χ1) is 16.1. The third-order valence-electron chi connectivity index (χ3n) is 7.17. The lowest BCUT2D eigenvalue weighted by Gasteiger charge is -2.31. The molecule has 0 bridgehead atoms. The molecule has 4 nitrogen and oxygen atoms in total. The zero-order valence-electron chi connectivity index (χ0n) is 22.1. The van der Waals surface area contributed by atoms with Crippen LogP contribution in [0.4, 0.5) is 0 Å². The number of hydrogen-bond acceptors (Lipinski definition) is 4. The summed E-state index contributed by atoms with van der Waals surface area (Å²) in [5.74, 6) is 0.333. The third kappa shape index (κ3) is 12.0. The second-order valence-corrected chi connectivity index (χ2v) is 10.7. The van der Waals surface area contributed by atoms with Crippen LogP contribution in [0.15, 0.2) is 11.6 Å². The highest BCUT2D eigenvalue weighted by atomic mass is 16.7. The van der Waals surface area contributed by atoms with Crippen LogP contribution < -0.4 is 0 Å². The monoisotopic (exact) mass is 463 g/mol. The Bertz CT molecular complexity index is 539.